The number of aromatic carboxylic acids is 1. The maximum atomic E-state index is 12.3. The van der Waals surface area contributed by atoms with Crippen molar-refractivity contribution in [2.24, 2.45) is 5.92 Å². The Morgan fingerprint density at radius 2 is 1.85 bits per heavy atom. The minimum absolute atomic E-state index is 0.0279. The first-order valence-electron chi connectivity index (χ1n) is 11.1. The molecular weight excluding hydrogens is 450 g/mol. The molecular formula is C23H30ClN3O6. The van der Waals surface area contributed by atoms with E-state index in [-0.39, 0.29) is 40.8 Å². The third-order valence-electron chi connectivity index (χ3n) is 5.78. The SMILES string of the molecule is CC(C)(C)OC(=O)N1CCN(c2cc(Cl)c(C(=O)O)c(CCC3CCC(=O)NC3=O)c2)CC1. The molecule has 2 saturated heterocycles. The Bertz CT molecular complexity index is 950. The zero-order chi connectivity index (χ0) is 24.3. The highest BCUT2D eigenvalue weighted by atomic mass is 35.5. The molecule has 2 N–H and O–H groups in total. The maximum absolute atomic E-state index is 12.3. The second kappa shape index (κ2) is 9.99. The van der Waals surface area contributed by atoms with Gasteiger partial charge in [0, 0.05) is 44.2 Å². The van der Waals surface area contributed by atoms with Crippen LogP contribution in [0.15, 0.2) is 12.1 Å². The number of carboxylic acid groups (broad SMARTS) is 1. The molecule has 9 nitrogen and oxygen atoms in total. The second-order valence-electron chi connectivity index (χ2n) is 9.41. The highest BCUT2D eigenvalue weighted by Gasteiger charge is 2.29. The molecule has 3 amide bonds. The summed E-state index contributed by atoms with van der Waals surface area (Å²) in [6.45, 7) is 7.51. The largest absolute Gasteiger partial charge is 0.478 e. The lowest BCUT2D eigenvalue weighted by atomic mass is 9.90. The van der Waals surface area contributed by atoms with Gasteiger partial charge in [0.15, 0.2) is 0 Å². The van der Waals surface area contributed by atoms with E-state index in [2.05, 4.69) is 5.32 Å². The van der Waals surface area contributed by atoms with Crippen molar-refractivity contribution in [1.29, 1.82) is 0 Å². The predicted octanol–water partition coefficient (Wildman–Crippen LogP) is 3.08. The number of ether oxygens (including phenoxy) is 1. The molecule has 0 aromatic heterocycles. The van der Waals surface area contributed by atoms with Crippen molar-refractivity contribution in [2.75, 3.05) is 31.1 Å². The number of hydrogen-bond donors (Lipinski definition) is 2. The number of carbonyl (C=O) groups is 4. The number of benzene rings is 1. The number of rotatable bonds is 5. The fraction of sp³-hybridized carbons (Fsp3) is 0.565. The Kier molecular flexibility index (Phi) is 7.51. The van der Waals surface area contributed by atoms with Gasteiger partial charge in [0.25, 0.3) is 0 Å². The lowest BCUT2D eigenvalue weighted by molar-refractivity contribution is -0.136. The Labute approximate surface area is 198 Å². The third-order valence-corrected chi connectivity index (χ3v) is 6.08. The summed E-state index contributed by atoms with van der Waals surface area (Å²) in [4.78, 5) is 51.3. The van der Waals surface area contributed by atoms with E-state index in [9.17, 15) is 24.3 Å². The van der Waals surface area contributed by atoms with Crippen LogP contribution < -0.4 is 10.2 Å². The van der Waals surface area contributed by atoms with E-state index >= 15 is 0 Å². The molecule has 3 rings (SSSR count). The van der Waals surface area contributed by atoms with E-state index in [0.29, 0.717) is 51.0 Å². The molecule has 0 bridgehead atoms. The number of nitrogens with one attached hydrogen (secondary N) is 1. The van der Waals surface area contributed by atoms with Crippen LogP contribution in [0.5, 0.6) is 0 Å². The fourth-order valence-electron chi connectivity index (χ4n) is 4.08. The smallest absolute Gasteiger partial charge is 0.410 e. The number of halogens is 1. The van der Waals surface area contributed by atoms with Gasteiger partial charge in [-0.3, -0.25) is 14.9 Å². The predicted molar refractivity (Wildman–Crippen MR) is 123 cm³/mol. The standard InChI is InChI=1S/C23H30ClN3O6/c1-23(2,3)33-22(32)27-10-8-26(9-11-27)16-12-15(19(21(30)31)17(24)13-16)5-4-14-6-7-18(28)25-20(14)29/h12-14H,4-11H2,1-3H3,(H,30,31)(H,25,28,29). The van der Waals surface area contributed by atoms with E-state index in [0.717, 1.165) is 5.69 Å². The van der Waals surface area contributed by atoms with Crippen molar-refractivity contribution >= 4 is 41.2 Å². The van der Waals surface area contributed by atoms with Gasteiger partial charge in [-0.15, -0.1) is 0 Å². The maximum Gasteiger partial charge on any atom is 0.410 e. The minimum atomic E-state index is -1.13. The average molecular weight is 480 g/mol. The van der Waals surface area contributed by atoms with Gasteiger partial charge in [-0.2, -0.15) is 0 Å². The molecule has 0 aliphatic carbocycles. The van der Waals surface area contributed by atoms with Crippen LogP contribution in [-0.4, -0.2) is 65.7 Å². The van der Waals surface area contributed by atoms with Crippen molar-refractivity contribution in [3.8, 4) is 0 Å². The van der Waals surface area contributed by atoms with Crippen LogP contribution in [0.3, 0.4) is 0 Å². The normalized spacial score (nSPS) is 19.3. The molecule has 0 spiro atoms. The van der Waals surface area contributed by atoms with E-state index in [1.165, 1.54) is 0 Å². The van der Waals surface area contributed by atoms with Gasteiger partial charge in [-0.05, 0) is 57.7 Å². The summed E-state index contributed by atoms with van der Waals surface area (Å²) in [6, 6.07) is 3.42. The molecule has 1 atom stereocenters. The van der Waals surface area contributed by atoms with Crippen LogP contribution >= 0.6 is 11.6 Å². The first-order valence-corrected chi connectivity index (χ1v) is 11.4. The average Bonchev–Trinajstić information content (AvgIpc) is 2.71. The van der Waals surface area contributed by atoms with E-state index in [1.54, 1.807) is 17.0 Å². The summed E-state index contributed by atoms with van der Waals surface area (Å²) >= 11 is 6.35. The second-order valence-corrected chi connectivity index (χ2v) is 9.82. The number of nitrogens with zero attached hydrogens (tertiary/aromatic N) is 2. The number of amides is 3. The first kappa shape index (κ1) is 24.8. The molecule has 1 unspecified atom stereocenters. The van der Waals surface area contributed by atoms with Crippen LogP contribution in [0.25, 0.3) is 0 Å². The Balaban J connectivity index is 1.71. The molecule has 1 aromatic rings. The summed E-state index contributed by atoms with van der Waals surface area (Å²) < 4.78 is 5.43. The molecule has 10 heteroatoms. The molecule has 0 radical (unpaired) electrons. The lowest BCUT2D eigenvalue weighted by Crippen LogP contribution is -2.50. The number of aryl methyl sites for hydroxylation is 1. The quantitative estimate of drug-likeness (QED) is 0.623. The first-order chi connectivity index (χ1) is 15.4. The highest BCUT2D eigenvalue weighted by Crippen LogP contribution is 2.31. The number of anilines is 1. The number of carbonyl (C=O) groups excluding carboxylic acids is 3. The minimum Gasteiger partial charge on any atom is -0.478 e. The van der Waals surface area contributed by atoms with Crippen LogP contribution in [0, 0.1) is 5.92 Å². The molecule has 2 fully saturated rings. The summed E-state index contributed by atoms with van der Waals surface area (Å²) in [5.41, 5.74) is 0.780. The summed E-state index contributed by atoms with van der Waals surface area (Å²) in [5, 5.41) is 12.1. The van der Waals surface area contributed by atoms with Crippen molar-refractivity contribution in [1.82, 2.24) is 10.2 Å². The number of piperidine rings is 1. The van der Waals surface area contributed by atoms with Crippen LogP contribution in [0.1, 0.15) is 56.0 Å². The summed E-state index contributed by atoms with van der Waals surface area (Å²) in [5.74, 6) is -2.06. The molecule has 33 heavy (non-hydrogen) atoms. The number of imide groups is 1. The van der Waals surface area contributed by atoms with E-state index in [1.807, 2.05) is 25.7 Å². The molecule has 2 aliphatic heterocycles. The third kappa shape index (κ3) is 6.37. The molecule has 2 aliphatic rings. The van der Waals surface area contributed by atoms with Gasteiger partial charge in [-0.1, -0.05) is 11.6 Å². The van der Waals surface area contributed by atoms with Gasteiger partial charge in [0.1, 0.15) is 5.60 Å². The Hall–Kier alpha value is -2.81. The van der Waals surface area contributed by atoms with Crippen molar-refractivity contribution in [2.45, 2.75) is 52.1 Å². The van der Waals surface area contributed by atoms with E-state index < -0.39 is 11.6 Å². The number of piperazine rings is 1. The Morgan fingerprint density at radius 1 is 1.18 bits per heavy atom. The molecule has 0 saturated carbocycles. The van der Waals surface area contributed by atoms with Crippen molar-refractivity contribution < 1.29 is 29.0 Å². The summed E-state index contributed by atoms with van der Waals surface area (Å²) in [6.07, 6.45) is 1.15. The monoisotopic (exact) mass is 479 g/mol. The van der Waals surface area contributed by atoms with Gasteiger partial charge < -0.3 is 19.6 Å². The van der Waals surface area contributed by atoms with Crippen molar-refractivity contribution in [3.05, 3.63) is 28.3 Å². The topological polar surface area (TPSA) is 116 Å². The van der Waals surface area contributed by atoms with Crippen LogP contribution in [0.4, 0.5) is 10.5 Å². The van der Waals surface area contributed by atoms with Crippen molar-refractivity contribution in [3.63, 3.8) is 0 Å². The number of hydrogen-bond acceptors (Lipinski definition) is 6. The Morgan fingerprint density at radius 3 is 2.42 bits per heavy atom. The van der Waals surface area contributed by atoms with Crippen LogP contribution in [0.2, 0.25) is 5.02 Å². The van der Waals surface area contributed by atoms with Gasteiger partial charge in [-0.25, -0.2) is 9.59 Å². The highest BCUT2D eigenvalue weighted by molar-refractivity contribution is 6.34. The van der Waals surface area contributed by atoms with Gasteiger partial charge in [0.05, 0.1) is 10.6 Å². The lowest BCUT2D eigenvalue weighted by Gasteiger charge is -2.37. The van der Waals surface area contributed by atoms with Gasteiger partial charge in [0.2, 0.25) is 11.8 Å². The fourth-order valence-corrected chi connectivity index (χ4v) is 4.40. The zero-order valence-electron chi connectivity index (χ0n) is 19.1. The number of carboxylic acids is 1. The molecule has 1 aromatic carbocycles. The molecule has 2 heterocycles. The van der Waals surface area contributed by atoms with Crippen LogP contribution in [-0.2, 0) is 20.7 Å². The summed E-state index contributed by atoms with van der Waals surface area (Å²) in [7, 11) is 0. The van der Waals surface area contributed by atoms with Gasteiger partial charge >= 0.3 is 12.1 Å². The zero-order valence-corrected chi connectivity index (χ0v) is 19.9. The van der Waals surface area contributed by atoms with E-state index in [4.69, 9.17) is 16.3 Å². The molecule has 180 valence electrons.